The van der Waals surface area contributed by atoms with Gasteiger partial charge in [-0.3, -0.25) is 4.79 Å². The average molecular weight is 321 g/mol. The second-order valence-corrected chi connectivity index (χ2v) is 7.17. The van der Waals surface area contributed by atoms with Crippen molar-refractivity contribution in [1.82, 2.24) is 10.2 Å². The van der Waals surface area contributed by atoms with Gasteiger partial charge in [-0.05, 0) is 37.1 Å². The summed E-state index contributed by atoms with van der Waals surface area (Å²) in [6.07, 6.45) is 7.29. The Labute approximate surface area is 138 Å². The van der Waals surface area contributed by atoms with Crippen molar-refractivity contribution < 1.29 is 4.79 Å². The molecule has 0 aromatic heterocycles. The number of rotatable bonds is 2. The van der Waals surface area contributed by atoms with E-state index in [2.05, 4.69) is 23.3 Å². The third-order valence-corrected chi connectivity index (χ3v) is 5.27. The smallest absolute Gasteiger partial charge is 0.229 e. The fourth-order valence-corrected chi connectivity index (χ4v) is 4.13. The molecular weight excluding hydrogens is 296 g/mol. The molecule has 3 rings (SSSR count). The highest BCUT2D eigenvalue weighted by Gasteiger charge is 2.31. The number of benzene rings is 1. The van der Waals surface area contributed by atoms with Gasteiger partial charge in [0.2, 0.25) is 5.91 Å². The second-order valence-electron chi connectivity index (χ2n) is 6.76. The molecule has 0 spiro atoms. The van der Waals surface area contributed by atoms with Gasteiger partial charge in [-0.15, -0.1) is 0 Å². The van der Waals surface area contributed by atoms with Crippen molar-refractivity contribution in [1.29, 1.82) is 0 Å². The lowest BCUT2D eigenvalue weighted by molar-refractivity contribution is -0.124. The molecule has 4 heteroatoms. The van der Waals surface area contributed by atoms with Gasteiger partial charge in [0.25, 0.3) is 0 Å². The number of halogens is 1. The summed E-state index contributed by atoms with van der Waals surface area (Å²) in [5.74, 6) is -0.00139. The Morgan fingerprint density at radius 1 is 1.23 bits per heavy atom. The minimum absolute atomic E-state index is 0.146. The fourth-order valence-electron chi connectivity index (χ4n) is 3.81. The summed E-state index contributed by atoms with van der Waals surface area (Å²) < 4.78 is 0. The van der Waals surface area contributed by atoms with Crippen LogP contribution in [0.3, 0.4) is 0 Å². The molecular formula is C18H25ClN2O. The first-order valence-corrected chi connectivity index (χ1v) is 8.79. The van der Waals surface area contributed by atoms with E-state index < -0.39 is 0 Å². The van der Waals surface area contributed by atoms with E-state index >= 15 is 0 Å². The van der Waals surface area contributed by atoms with Crippen molar-refractivity contribution in [2.24, 2.45) is 0 Å². The zero-order chi connectivity index (χ0) is 15.5. The van der Waals surface area contributed by atoms with Crippen molar-refractivity contribution in [3.8, 4) is 0 Å². The number of fused-ring (bicyclic) bond motifs is 1. The van der Waals surface area contributed by atoms with Crippen molar-refractivity contribution in [2.75, 3.05) is 13.6 Å². The van der Waals surface area contributed by atoms with Crippen LogP contribution in [0.15, 0.2) is 18.2 Å². The Balaban J connectivity index is 1.77. The van der Waals surface area contributed by atoms with E-state index in [-0.39, 0.29) is 11.8 Å². The van der Waals surface area contributed by atoms with Gasteiger partial charge in [-0.2, -0.15) is 0 Å². The van der Waals surface area contributed by atoms with Crippen LogP contribution in [0, 0.1) is 0 Å². The van der Waals surface area contributed by atoms with Crippen LogP contribution in [0.5, 0.6) is 0 Å². The third-order valence-electron chi connectivity index (χ3n) is 4.94. The second kappa shape index (κ2) is 7.01. The highest BCUT2D eigenvalue weighted by molar-refractivity contribution is 6.31. The number of nitrogens with zero attached hydrogens (tertiary/aromatic N) is 1. The summed E-state index contributed by atoms with van der Waals surface area (Å²) in [6.45, 7) is 1.61. The molecule has 1 heterocycles. The SMILES string of the molecule is CN1Cc2cccc(Cl)c2C(C(=O)NC2CCCCCC2)C1. The molecule has 0 bridgehead atoms. The van der Waals surface area contributed by atoms with Crippen molar-refractivity contribution in [2.45, 2.75) is 57.0 Å². The van der Waals surface area contributed by atoms with E-state index in [1.807, 2.05) is 12.1 Å². The van der Waals surface area contributed by atoms with E-state index in [4.69, 9.17) is 11.6 Å². The minimum atomic E-state index is -0.147. The zero-order valence-electron chi connectivity index (χ0n) is 13.3. The van der Waals surface area contributed by atoms with Crippen LogP contribution in [0.2, 0.25) is 5.02 Å². The van der Waals surface area contributed by atoms with Crippen LogP contribution in [0.25, 0.3) is 0 Å². The largest absolute Gasteiger partial charge is 0.353 e. The standard InChI is InChI=1S/C18H25ClN2O/c1-21-11-13-7-6-10-16(19)17(13)15(12-21)18(22)20-14-8-4-2-3-5-9-14/h6-7,10,14-15H,2-5,8-9,11-12H2,1H3,(H,20,22). The lowest BCUT2D eigenvalue weighted by Crippen LogP contribution is -2.43. The Morgan fingerprint density at radius 2 is 1.95 bits per heavy atom. The zero-order valence-corrected chi connectivity index (χ0v) is 14.0. The number of carbonyl (C=O) groups is 1. The molecule has 22 heavy (non-hydrogen) atoms. The van der Waals surface area contributed by atoms with E-state index in [1.54, 1.807) is 0 Å². The summed E-state index contributed by atoms with van der Waals surface area (Å²) in [5.41, 5.74) is 2.22. The first kappa shape index (κ1) is 15.8. The summed E-state index contributed by atoms with van der Waals surface area (Å²) in [7, 11) is 2.07. The molecule has 1 aliphatic heterocycles. The molecule has 1 aromatic carbocycles. The average Bonchev–Trinajstić information content (AvgIpc) is 2.75. The van der Waals surface area contributed by atoms with Crippen molar-refractivity contribution >= 4 is 17.5 Å². The number of hydrogen-bond donors (Lipinski definition) is 1. The maximum atomic E-state index is 12.8. The Morgan fingerprint density at radius 3 is 2.68 bits per heavy atom. The first-order chi connectivity index (χ1) is 10.6. The molecule has 1 saturated carbocycles. The molecule has 1 atom stereocenters. The number of amides is 1. The Kier molecular flexibility index (Phi) is 5.04. The normalized spacial score (nSPS) is 23.6. The Hall–Kier alpha value is -1.06. The van der Waals surface area contributed by atoms with Crippen LogP contribution >= 0.6 is 11.6 Å². The maximum Gasteiger partial charge on any atom is 0.229 e. The molecule has 0 saturated heterocycles. The molecule has 1 aromatic rings. The van der Waals surface area contributed by atoms with E-state index in [1.165, 1.54) is 31.2 Å². The van der Waals surface area contributed by atoms with Crippen molar-refractivity contribution in [3.05, 3.63) is 34.3 Å². The summed E-state index contributed by atoms with van der Waals surface area (Å²) >= 11 is 6.40. The third kappa shape index (κ3) is 3.47. The van der Waals surface area contributed by atoms with Crippen LogP contribution < -0.4 is 5.32 Å². The van der Waals surface area contributed by atoms with Gasteiger partial charge in [0.1, 0.15) is 0 Å². The molecule has 1 fully saturated rings. The fraction of sp³-hybridized carbons (Fsp3) is 0.611. The minimum Gasteiger partial charge on any atom is -0.353 e. The summed E-state index contributed by atoms with van der Waals surface area (Å²) in [4.78, 5) is 15.0. The van der Waals surface area contributed by atoms with Gasteiger partial charge < -0.3 is 10.2 Å². The predicted molar refractivity (Wildman–Crippen MR) is 90.2 cm³/mol. The van der Waals surface area contributed by atoms with E-state index in [0.717, 1.165) is 36.5 Å². The van der Waals surface area contributed by atoms with Gasteiger partial charge in [0.05, 0.1) is 5.92 Å². The first-order valence-electron chi connectivity index (χ1n) is 8.41. The molecule has 3 nitrogen and oxygen atoms in total. The van der Waals surface area contributed by atoms with Crippen molar-refractivity contribution in [3.63, 3.8) is 0 Å². The molecule has 2 aliphatic rings. The summed E-state index contributed by atoms with van der Waals surface area (Å²) in [6, 6.07) is 6.30. The highest BCUT2D eigenvalue weighted by Crippen LogP contribution is 2.33. The molecule has 0 radical (unpaired) electrons. The highest BCUT2D eigenvalue weighted by atomic mass is 35.5. The monoisotopic (exact) mass is 320 g/mol. The van der Waals surface area contributed by atoms with Gasteiger partial charge in [0, 0.05) is 24.2 Å². The molecule has 1 aliphatic carbocycles. The maximum absolute atomic E-state index is 12.8. The lowest BCUT2D eigenvalue weighted by Gasteiger charge is -2.33. The molecule has 1 amide bonds. The number of carbonyl (C=O) groups excluding carboxylic acids is 1. The predicted octanol–water partition coefficient (Wildman–Crippen LogP) is 3.71. The number of likely N-dealkylation sites (N-methyl/N-ethyl adjacent to an activating group) is 1. The van der Waals surface area contributed by atoms with Gasteiger partial charge >= 0.3 is 0 Å². The van der Waals surface area contributed by atoms with Gasteiger partial charge in [-0.25, -0.2) is 0 Å². The van der Waals surface area contributed by atoms with E-state index in [9.17, 15) is 4.79 Å². The van der Waals surface area contributed by atoms with E-state index in [0.29, 0.717) is 6.04 Å². The van der Waals surface area contributed by atoms with Gasteiger partial charge in [0.15, 0.2) is 0 Å². The topological polar surface area (TPSA) is 32.3 Å². The number of hydrogen-bond acceptors (Lipinski definition) is 2. The molecule has 1 unspecified atom stereocenters. The quantitative estimate of drug-likeness (QED) is 0.843. The molecule has 120 valence electrons. The molecule has 1 N–H and O–H groups in total. The summed E-state index contributed by atoms with van der Waals surface area (Å²) in [5, 5.41) is 4.02. The van der Waals surface area contributed by atoms with Crippen LogP contribution in [-0.4, -0.2) is 30.4 Å². The van der Waals surface area contributed by atoms with Crippen LogP contribution in [0.4, 0.5) is 0 Å². The van der Waals surface area contributed by atoms with Crippen LogP contribution in [0.1, 0.15) is 55.6 Å². The lowest BCUT2D eigenvalue weighted by atomic mass is 9.88. The Bertz CT molecular complexity index is 538. The number of nitrogens with one attached hydrogen (secondary N) is 1. The van der Waals surface area contributed by atoms with Crippen LogP contribution in [-0.2, 0) is 11.3 Å². The van der Waals surface area contributed by atoms with Gasteiger partial charge in [-0.1, -0.05) is 49.4 Å².